The van der Waals surface area contributed by atoms with Crippen LogP contribution in [0.4, 0.5) is 0 Å². The van der Waals surface area contributed by atoms with Gasteiger partial charge in [0.25, 0.3) is 0 Å². The van der Waals surface area contributed by atoms with Crippen molar-refractivity contribution in [3.63, 3.8) is 0 Å². The van der Waals surface area contributed by atoms with E-state index in [4.69, 9.17) is 0 Å². The summed E-state index contributed by atoms with van der Waals surface area (Å²) in [6.07, 6.45) is 7.15. The predicted molar refractivity (Wildman–Crippen MR) is 89.2 cm³/mol. The monoisotopic (exact) mass is 289 g/mol. The van der Waals surface area contributed by atoms with Crippen molar-refractivity contribution in [1.82, 2.24) is 15.0 Å². The molecule has 0 fully saturated rings. The third kappa shape index (κ3) is 6.06. The molecule has 1 aromatic carbocycles. The average Bonchev–Trinajstić information content (AvgIpc) is 3.00. The van der Waals surface area contributed by atoms with Crippen molar-refractivity contribution < 1.29 is 0 Å². The van der Waals surface area contributed by atoms with Crippen LogP contribution < -0.4 is 0 Å². The highest BCUT2D eigenvalue weighted by Crippen LogP contribution is 2.01. The van der Waals surface area contributed by atoms with Crippen molar-refractivity contribution >= 4 is 0 Å². The van der Waals surface area contributed by atoms with E-state index in [0.29, 0.717) is 0 Å². The number of H-pyrrole nitrogens is 1. The standard InChI is InChI=1S/C14H14N2.C5H5N/c1-12-15-11-14(16-12)10-6-5-9-13-7-3-2-4-8-13;1-2-4-6-5-3-1/h2-4,7-8,11H,5,9H2,1H3,(H,15,16);1-5H. The number of nitrogens with one attached hydrogen (secondary N) is 1. The Morgan fingerprint density at radius 1 is 1.00 bits per heavy atom. The van der Waals surface area contributed by atoms with E-state index < -0.39 is 0 Å². The minimum Gasteiger partial charge on any atom is -0.336 e. The smallest absolute Gasteiger partial charge is 0.109 e. The van der Waals surface area contributed by atoms with E-state index in [2.05, 4.69) is 51.1 Å². The molecule has 0 spiro atoms. The van der Waals surface area contributed by atoms with E-state index in [0.717, 1.165) is 24.4 Å². The Hall–Kier alpha value is -2.86. The van der Waals surface area contributed by atoms with E-state index in [1.165, 1.54) is 5.56 Å². The molecule has 3 nitrogen and oxygen atoms in total. The van der Waals surface area contributed by atoms with Gasteiger partial charge in [-0.1, -0.05) is 42.3 Å². The van der Waals surface area contributed by atoms with Crippen LogP contribution in [0.2, 0.25) is 0 Å². The van der Waals surface area contributed by atoms with E-state index in [1.807, 2.05) is 31.2 Å². The topological polar surface area (TPSA) is 41.6 Å². The molecule has 0 bridgehead atoms. The van der Waals surface area contributed by atoms with Crippen LogP contribution >= 0.6 is 0 Å². The Morgan fingerprint density at radius 2 is 1.73 bits per heavy atom. The molecule has 0 aliphatic heterocycles. The number of aromatic amines is 1. The van der Waals surface area contributed by atoms with E-state index in [-0.39, 0.29) is 0 Å². The summed E-state index contributed by atoms with van der Waals surface area (Å²) in [6.45, 7) is 1.93. The molecular weight excluding hydrogens is 270 g/mol. The van der Waals surface area contributed by atoms with Gasteiger partial charge in [-0.2, -0.15) is 0 Å². The number of hydrogen-bond acceptors (Lipinski definition) is 2. The van der Waals surface area contributed by atoms with Crippen molar-refractivity contribution in [2.24, 2.45) is 0 Å². The molecule has 0 saturated carbocycles. The molecular formula is C19H19N3. The van der Waals surface area contributed by atoms with Gasteiger partial charge in [-0.3, -0.25) is 4.98 Å². The number of aryl methyl sites for hydroxylation is 2. The largest absolute Gasteiger partial charge is 0.336 e. The first-order chi connectivity index (χ1) is 10.8. The van der Waals surface area contributed by atoms with Crippen LogP contribution in [0.1, 0.15) is 23.5 Å². The average molecular weight is 289 g/mol. The molecule has 0 atom stereocenters. The van der Waals surface area contributed by atoms with Gasteiger partial charge in [-0.25, -0.2) is 4.98 Å². The summed E-state index contributed by atoms with van der Waals surface area (Å²) in [5.41, 5.74) is 2.23. The molecule has 2 heterocycles. The summed E-state index contributed by atoms with van der Waals surface area (Å²) in [7, 11) is 0. The number of nitrogens with zero attached hydrogens (tertiary/aromatic N) is 2. The SMILES string of the molecule is Cc1ncc(C#CCCc2ccccc2)[nH]1.c1ccncc1. The first kappa shape index (κ1) is 15.5. The summed E-state index contributed by atoms with van der Waals surface area (Å²) in [4.78, 5) is 11.0. The zero-order valence-electron chi connectivity index (χ0n) is 12.7. The molecule has 3 rings (SSSR count). The molecule has 0 aliphatic rings. The van der Waals surface area contributed by atoms with Crippen molar-refractivity contribution in [3.8, 4) is 11.8 Å². The van der Waals surface area contributed by atoms with Crippen molar-refractivity contribution in [2.75, 3.05) is 0 Å². The fraction of sp³-hybridized carbons (Fsp3) is 0.158. The van der Waals surface area contributed by atoms with Crippen molar-refractivity contribution in [1.29, 1.82) is 0 Å². The lowest BCUT2D eigenvalue weighted by molar-refractivity contribution is 1.03. The van der Waals surface area contributed by atoms with E-state index in [1.54, 1.807) is 18.6 Å². The quantitative estimate of drug-likeness (QED) is 0.729. The Bertz CT molecular complexity index is 680. The Balaban J connectivity index is 0.000000246. The summed E-state index contributed by atoms with van der Waals surface area (Å²) < 4.78 is 0. The number of benzene rings is 1. The molecule has 0 aliphatic carbocycles. The minimum absolute atomic E-state index is 0.877. The van der Waals surface area contributed by atoms with Crippen LogP contribution in [0, 0.1) is 18.8 Å². The Labute approximate surface area is 131 Å². The van der Waals surface area contributed by atoms with Gasteiger partial charge >= 0.3 is 0 Å². The lowest BCUT2D eigenvalue weighted by Gasteiger charge is -1.94. The van der Waals surface area contributed by atoms with Crippen LogP contribution in [0.25, 0.3) is 0 Å². The highest BCUT2D eigenvalue weighted by atomic mass is 14.9. The normalized spacial score (nSPS) is 9.14. The van der Waals surface area contributed by atoms with E-state index in [9.17, 15) is 0 Å². The van der Waals surface area contributed by atoms with E-state index >= 15 is 0 Å². The molecule has 1 N–H and O–H groups in total. The fourth-order valence-electron chi connectivity index (χ4n) is 1.81. The molecule has 0 saturated heterocycles. The van der Waals surface area contributed by atoms with Crippen molar-refractivity contribution in [2.45, 2.75) is 19.8 Å². The number of hydrogen-bond donors (Lipinski definition) is 1. The molecule has 3 heteroatoms. The van der Waals surface area contributed by atoms with Gasteiger partial charge < -0.3 is 4.98 Å². The van der Waals surface area contributed by atoms with Crippen LogP contribution in [0.15, 0.2) is 67.1 Å². The van der Waals surface area contributed by atoms with Gasteiger partial charge in [-0.05, 0) is 37.0 Å². The third-order valence-corrected chi connectivity index (χ3v) is 2.87. The second-order valence-corrected chi connectivity index (χ2v) is 4.69. The van der Waals surface area contributed by atoms with Crippen LogP contribution in [-0.2, 0) is 6.42 Å². The maximum Gasteiger partial charge on any atom is 0.109 e. The fourth-order valence-corrected chi connectivity index (χ4v) is 1.81. The summed E-state index contributed by atoms with van der Waals surface area (Å²) in [5, 5.41) is 0. The molecule has 0 unspecified atom stereocenters. The zero-order valence-corrected chi connectivity index (χ0v) is 12.7. The Kier molecular flexibility index (Phi) is 6.45. The molecule has 3 aromatic rings. The van der Waals surface area contributed by atoms with Crippen molar-refractivity contribution in [3.05, 3.63) is 84.2 Å². The third-order valence-electron chi connectivity index (χ3n) is 2.87. The Morgan fingerprint density at radius 3 is 2.27 bits per heavy atom. The summed E-state index contributed by atoms with van der Waals surface area (Å²) >= 11 is 0. The first-order valence-corrected chi connectivity index (χ1v) is 7.24. The highest BCUT2D eigenvalue weighted by molar-refractivity contribution is 5.26. The number of pyridine rings is 1. The van der Waals surface area contributed by atoms with Gasteiger partial charge in [0.2, 0.25) is 0 Å². The van der Waals surface area contributed by atoms with Crippen LogP contribution in [0.3, 0.4) is 0 Å². The second kappa shape index (κ2) is 9.15. The minimum atomic E-state index is 0.877. The molecule has 0 radical (unpaired) electrons. The highest BCUT2D eigenvalue weighted by Gasteiger charge is 1.90. The predicted octanol–water partition coefficient (Wildman–Crippen LogP) is 3.78. The maximum atomic E-state index is 4.10. The summed E-state index contributed by atoms with van der Waals surface area (Å²) in [5.74, 6) is 7.12. The molecule has 22 heavy (non-hydrogen) atoms. The van der Waals surface area contributed by atoms with Crippen LogP contribution in [0.5, 0.6) is 0 Å². The first-order valence-electron chi connectivity index (χ1n) is 7.24. The zero-order chi connectivity index (χ0) is 15.5. The van der Waals surface area contributed by atoms with Gasteiger partial charge in [0, 0.05) is 18.8 Å². The van der Waals surface area contributed by atoms with Gasteiger partial charge in [-0.15, -0.1) is 0 Å². The number of imidazole rings is 1. The van der Waals surface area contributed by atoms with Crippen LogP contribution in [-0.4, -0.2) is 15.0 Å². The van der Waals surface area contributed by atoms with Gasteiger partial charge in [0.1, 0.15) is 11.5 Å². The molecule has 110 valence electrons. The van der Waals surface area contributed by atoms with Gasteiger partial charge in [0.05, 0.1) is 6.20 Å². The number of aromatic nitrogens is 3. The lowest BCUT2D eigenvalue weighted by Crippen LogP contribution is -1.82. The summed E-state index contributed by atoms with van der Waals surface area (Å²) in [6, 6.07) is 16.1. The molecule has 0 amide bonds. The lowest BCUT2D eigenvalue weighted by atomic mass is 10.1. The second-order valence-electron chi connectivity index (χ2n) is 4.69. The van der Waals surface area contributed by atoms with Gasteiger partial charge in [0.15, 0.2) is 0 Å². The maximum absolute atomic E-state index is 4.10. The number of rotatable bonds is 2. The molecule has 2 aromatic heterocycles.